The zero-order valence-corrected chi connectivity index (χ0v) is 18.7. The zero-order chi connectivity index (χ0) is 25.0. The first-order chi connectivity index (χ1) is 15.2. The first-order valence-electron chi connectivity index (χ1n) is 9.73. The largest absolute Gasteiger partial charge is 0.433 e. The summed E-state index contributed by atoms with van der Waals surface area (Å²) in [4.78, 5) is 15.9. The molecule has 1 heterocycles. The number of hydrogen-bond acceptors (Lipinski definition) is 4. The van der Waals surface area contributed by atoms with Gasteiger partial charge < -0.3 is 5.32 Å². The Kier molecular flexibility index (Phi) is 8.17. The molecule has 1 atom stereocenters. The topological polar surface area (TPSA) is 88.2 Å². The number of nitrogens with one attached hydrogen (secondary N) is 2. The Hall–Kier alpha value is -3.02. The van der Waals surface area contributed by atoms with E-state index in [2.05, 4.69) is 10.3 Å². The van der Waals surface area contributed by atoms with Crippen LogP contribution in [-0.4, -0.2) is 25.6 Å². The van der Waals surface area contributed by atoms with Crippen LogP contribution in [0.15, 0.2) is 30.3 Å². The van der Waals surface area contributed by atoms with Crippen molar-refractivity contribution in [3.8, 4) is 0 Å². The number of amides is 1. The van der Waals surface area contributed by atoms with Crippen molar-refractivity contribution in [2.75, 3.05) is 11.0 Å². The van der Waals surface area contributed by atoms with E-state index in [4.69, 9.17) is 0 Å². The summed E-state index contributed by atoms with van der Waals surface area (Å²) in [6.07, 6.45) is -0.651. The van der Waals surface area contributed by atoms with E-state index in [-0.39, 0.29) is 17.7 Å². The molecule has 0 saturated heterocycles. The van der Waals surface area contributed by atoms with Gasteiger partial charge in [-0.2, -0.15) is 13.2 Å². The van der Waals surface area contributed by atoms with Crippen LogP contribution in [0, 0.1) is 11.6 Å². The number of sulfonamides is 1. The van der Waals surface area contributed by atoms with E-state index in [1.165, 1.54) is 19.1 Å². The number of carbonyl (C=O) groups excluding carboxylic acids is 1. The fourth-order valence-electron chi connectivity index (χ4n) is 2.89. The molecule has 0 aliphatic rings. The second-order valence-corrected chi connectivity index (χ2v) is 9.03. The first-order valence-corrected chi connectivity index (χ1v) is 11.6. The molecule has 33 heavy (non-hydrogen) atoms. The number of alkyl halides is 3. The zero-order valence-electron chi connectivity index (χ0n) is 17.9. The van der Waals surface area contributed by atoms with Crippen LogP contribution < -0.4 is 10.0 Å². The molecule has 2 N–H and O–H groups in total. The summed E-state index contributed by atoms with van der Waals surface area (Å²) in [5.74, 6) is -2.98. The first kappa shape index (κ1) is 26.2. The van der Waals surface area contributed by atoms with Gasteiger partial charge in [0.2, 0.25) is 15.9 Å². The van der Waals surface area contributed by atoms with Crippen molar-refractivity contribution >= 4 is 27.7 Å². The van der Waals surface area contributed by atoms with Gasteiger partial charge >= 0.3 is 6.18 Å². The lowest BCUT2D eigenvalue weighted by Gasteiger charge is -2.15. The highest BCUT2D eigenvalue weighted by Crippen LogP contribution is 2.29. The maximum Gasteiger partial charge on any atom is 0.433 e. The van der Waals surface area contributed by atoms with E-state index in [9.17, 15) is 35.2 Å². The number of rotatable bonds is 8. The molecule has 0 aliphatic heterocycles. The number of carbonyl (C=O) groups is 1. The van der Waals surface area contributed by atoms with Crippen molar-refractivity contribution in [1.82, 2.24) is 10.3 Å². The molecule has 180 valence electrons. The van der Waals surface area contributed by atoms with Gasteiger partial charge in [0.05, 0.1) is 12.3 Å². The van der Waals surface area contributed by atoms with Crippen molar-refractivity contribution in [1.29, 1.82) is 0 Å². The Morgan fingerprint density at radius 1 is 1.18 bits per heavy atom. The van der Waals surface area contributed by atoms with Crippen LogP contribution in [0.4, 0.5) is 27.6 Å². The predicted molar refractivity (Wildman–Crippen MR) is 114 cm³/mol. The number of aryl methyl sites for hydroxylation is 1. The van der Waals surface area contributed by atoms with Gasteiger partial charge in [0.15, 0.2) is 11.6 Å². The summed E-state index contributed by atoms with van der Waals surface area (Å²) in [6, 6.07) is 2.93. The van der Waals surface area contributed by atoms with Gasteiger partial charge in [-0.3, -0.25) is 9.52 Å². The minimum Gasteiger partial charge on any atom is -0.346 e. The Morgan fingerprint density at radius 2 is 1.79 bits per heavy atom. The second kappa shape index (κ2) is 10.3. The highest BCUT2D eigenvalue weighted by Gasteiger charge is 2.32. The average Bonchev–Trinajstić information content (AvgIpc) is 2.68. The van der Waals surface area contributed by atoms with E-state index < -0.39 is 51.2 Å². The summed E-state index contributed by atoms with van der Waals surface area (Å²) >= 11 is 0. The van der Waals surface area contributed by atoms with Gasteiger partial charge in [0.25, 0.3) is 0 Å². The van der Waals surface area contributed by atoms with E-state index in [0.29, 0.717) is 12.0 Å². The second-order valence-electron chi connectivity index (χ2n) is 7.28. The fraction of sp³-hybridized carbons (Fsp3) is 0.333. The van der Waals surface area contributed by atoms with Gasteiger partial charge in [-0.25, -0.2) is 22.2 Å². The number of hydrogen-bond donors (Lipinski definition) is 2. The Labute approximate surface area is 188 Å². The van der Waals surface area contributed by atoms with Gasteiger partial charge in [-0.05, 0) is 48.7 Å². The van der Waals surface area contributed by atoms with Crippen LogP contribution in [0.3, 0.4) is 0 Å². The van der Waals surface area contributed by atoms with Gasteiger partial charge in [0, 0.05) is 11.8 Å². The van der Waals surface area contributed by atoms with Crippen LogP contribution in [0.5, 0.6) is 0 Å². The van der Waals surface area contributed by atoms with Gasteiger partial charge in [0.1, 0.15) is 11.4 Å². The standard InChI is InChI=1S/C21H22F5N3O3S/c1-4-5-17-13(6-8-18(28-17)21(24,25)26)7-9-19(30)27-12(2)14-10-15(22)20(16(23)11-14)29-33(3,31)32/h6-12,29H,4-5H2,1-3H3,(H,27,30)/b9-7-/t12-/m1/s1. The lowest BCUT2D eigenvalue weighted by molar-refractivity contribution is -0.141. The van der Waals surface area contributed by atoms with Crippen LogP contribution in [0.25, 0.3) is 6.08 Å². The number of halogens is 5. The third-order valence-corrected chi connectivity index (χ3v) is 4.99. The smallest absolute Gasteiger partial charge is 0.346 e. The third-order valence-electron chi connectivity index (χ3n) is 4.41. The maximum absolute atomic E-state index is 14.2. The molecular formula is C21H22F5N3O3S. The van der Waals surface area contributed by atoms with Crippen LogP contribution in [0.1, 0.15) is 48.8 Å². The molecular weight excluding hydrogens is 469 g/mol. The number of anilines is 1. The molecule has 6 nitrogen and oxygen atoms in total. The van der Waals surface area contributed by atoms with Crippen LogP contribution in [-0.2, 0) is 27.4 Å². The van der Waals surface area contributed by atoms with Gasteiger partial charge in [-0.15, -0.1) is 0 Å². The molecule has 0 unspecified atom stereocenters. The molecule has 1 aromatic heterocycles. The average molecular weight is 491 g/mol. The molecule has 2 rings (SSSR count). The van der Waals surface area contributed by atoms with E-state index in [1.54, 1.807) is 11.6 Å². The van der Waals surface area contributed by atoms with E-state index >= 15 is 0 Å². The molecule has 0 aliphatic carbocycles. The summed E-state index contributed by atoms with van der Waals surface area (Å²) in [7, 11) is -3.90. The lowest BCUT2D eigenvalue weighted by atomic mass is 10.1. The SMILES string of the molecule is CCCc1nc(C(F)(F)F)ccc1/C=C\C(=O)N[C@H](C)c1cc(F)c(NS(C)(=O)=O)c(F)c1. The van der Waals surface area contributed by atoms with Crippen molar-refractivity contribution in [2.45, 2.75) is 38.9 Å². The van der Waals surface area contributed by atoms with Crippen LogP contribution in [0.2, 0.25) is 0 Å². The Balaban J connectivity index is 2.18. The highest BCUT2D eigenvalue weighted by molar-refractivity contribution is 7.92. The quantitative estimate of drug-likeness (QED) is 0.418. The molecule has 1 aromatic carbocycles. The maximum atomic E-state index is 14.2. The molecule has 0 radical (unpaired) electrons. The lowest BCUT2D eigenvalue weighted by Crippen LogP contribution is -2.25. The molecule has 0 fully saturated rings. The summed E-state index contributed by atoms with van der Waals surface area (Å²) in [5, 5.41) is 2.48. The minimum atomic E-state index is -4.59. The Morgan fingerprint density at radius 3 is 2.30 bits per heavy atom. The number of pyridine rings is 1. The number of nitrogens with zero attached hydrogens (tertiary/aromatic N) is 1. The molecule has 12 heteroatoms. The number of benzene rings is 1. The monoisotopic (exact) mass is 491 g/mol. The number of aromatic nitrogens is 1. The molecule has 0 bridgehead atoms. The van der Waals surface area contributed by atoms with Crippen LogP contribution >= 0.6 is 0 Å². The molecule has 2 aromatic rings. The predicted octanol–water partition coefficient (Wildman–Crippen LogP) is 4.59. The van der Waals surface area contributed by atoms with Gasteiger partial charge in [-0.1, -0.05) is 19.4 Å². The van der Waals surface area contributed by atoms with E-state index in [1.807, 2.05) is 0 Å². The van der Waals surface area contributed by atoms with Crippen molar-refractivity contribution in [3.05, 3.63) is 64.5 Å². The summed E-state index contributed by atoms with van der Waals surface area (Å²) in [5.41, 5.74) is -1.31. The van der Waals surface area contributed by atoms with Crippen molar-refractivity contribution < 1.29 is 35.2 Å². The normalized spacial score (nSPS) is 13.2. The molecule has 0 spiro atoms. The minimum absolute atomic E-state index is 0.0358. The highest BCUT2D eigenvalue weighted by atomic mass is 32.2. The van der Waals surface area contributed by atoms with E-state index in [0.717, 1.165) is 30.5 Å². The van der Waals surface area contributed by atoms with Crippen molar-refractivity contribution in [2.24, 2.45) is 0 Å². The summed E-state index contributed by atoms with van der Waals surface area (Å²) in [6.45, 7) is 3.23. The fourth-order valence-corrected chi connectivity index (χ4v) is 3.46. The molecule has 0 saturated carbocycles. The van der Waals surface area contributed by atoms with Crippen molar-refractivity contribution in [3.63, 3.8) is 0 Å². The summed E-state index contributed by atoms with van der Waals surface area (Å²) < 4.78 is 91.2. The Bertz CT molecular complexity index is 1140. The molecule has 1 amide bonds. The third kappa shape index (κ3) is 7.52.